The van der Waals surface area contributed by atoms with Crippen molar-refractivity contribution in [2.75, 3.05) is 7.11 Å². The number of ether oxygens (including phenoxy) is 1. The van der Waals surface area contributed by atoms with Gasteiger partial charge in [0.1, 0.15) is 17.3 Å². The number of hydrogen-bond donors (Lipinski definition) is 0. The minimum atomic E-state index is -0.302. The second-order valence-electron chi connectivity index (χ2n) is 5.86. The van der Waals surface area contributed by atoms with E-state index in [0.717, 1.165) is 22.3 Å². The van der Waals surface area contributed by atoms with Crippen LogP contribution >= 0.6 is 0 Å². The fourth-order valence-corrected chi connectivity index (χ4v) is 2.59. The Kier molecular flexibility index (Phi) is 6.55. The second kappa shape index (κ2) is 8.85. The normalized spacial score (nSPS) is 11.9. The summed E-state index contributed by atoms with van der Waals surface area (Å²) >= 11 is 0. The number of allylic oxidation sites excluding steroid dienone is 1. The van der Waals surface area contributed by atoms with Gasteiger partial charge in [0, 0.05) is 11.8 Å². The van der Waals surface area contributed by atoms with E-state index in [1.807, 2.05) is 25.1 Å². The molecule has 0 N–H and O–H groups in total. The van der Waals surface area contributed by atoms with Crippen LogP contribution in [-0.4, -0.2) is 25.4 Å². The lowest BCUT2D eigenvalue weighted by atomic mass is 9.97. The molecule has 0 aliphatic carbocycles. The van der Waals surface area contributed by atoms with Crippen LogP contribution in [-0.2, 0) is 0 Å². The highest BCUT2D eigenvalue weighted by molar-refractivity contribution is 6.42. The zero-order valence-electron chi connectivity index (χ0n) is 15.8. The van der Waals surface area contributed by atoms with Gasteiger partial charge in [-0.25, -0.2) is 19.4 Å². The molecule has 0 amide bonds. The molecule has 0 fully saturated rings. The first-order valence-corrected chi connectivity index (χ1v) is 8.26. The molecule has 0 aliphatic heterocycles. The van der Waals surface area contributed by atoms with Crippen LogP contribution in [0.3, 0.4) is 0 Å². The molecular formula is C22H22FN3O. The molecular weight excluding hydrogens is 341 g/mol. The van der Waals surface area contributed by atoms with Crippen LogP contribution in [0.25, 0.3) is 16.7 Å². The highest BCUT2D eigenvalue weighted by Gasteiger charge is 2.15. The van der Waals surface area contributed by atoms with Crippen molar-refractivity contribution in [2.24, 2.45) is 15.0 Å². The second-order valence-corrected chi connectivity index (χ2v) is 5.86. The summed E-state index contributed by atoms with van der Waals surface area (Å²) in [4.78, 5) is 12.6. The Morgan fingerprint density at radius 3 is 2.44 bits per heavy atom. The molecule has 0 unspecified atom stereocenters. The third-order valence-electron chi connectivity index (χ3n) is 3.88. The van der Waals surface area contributed by atoms with Gasteiger partial charge >= 0.3 is 0 Å². The maximum atomic E-state index is 13.6. The van der Waals surface area contributed by atoms with E-state index in [1.54, 1.807) is 20.1 Å². The summed E-state index contributed by atoms with van der Waals surface area (Å²) in [5.74, 6) is 0.605. The topological polar surface area (TPSA) is 46.3 Å². The van der Waals surface area contributed by atoms with Gasteiger partial charge in [-0.15, -0.1) is 0 Å². The lowest BCUT2D eigenvalue weighted by molar-refractivity contribution is 0.416. The van der Waals surface area contributed by atoms with Crippen molar-refractivity contribution in [1.29, 1.82) is 0 Å². The van der Waals surface area contributed by atoms with Crippen LogP contribution in [0.15, 0.2) is 70.7 Å². The summed E-state index contributed by atoms with van der Waals surface area (Å²) in [6, 6.07) is 10.1. The van der Waals surface area contributed by atoms with Gasteiger partial charge in [-0.1, -0.05) is 25.3 Å². The number of aliphatic imine (C=N–C) groups is 3. The molecule has 0 radical (unpaired) electrons. The van der Waals surface area contributed by atoms with Crippen LogP contribution in [0.1, 0.15) is 19.4 Å². The summed E-state index contributed by atoms with van der Waals surface area (Å²) in [5, 5.41) is 0. The van der Waals surface area contributed by atoms with Gasteiger partial charge in [-0.3, -0.25) is 0 Å². The number of rotatable bonds is 6. The van der Waals surface area contributed by atoms with Crippen molar-refractivity contribution in [3.05, 3.63) is 67.1 Å². The van der Waals surface area contributed by atoms with Gasteiger partial charge in [-0.2, -0.15) is 0 Å². The van der Waals surface area contributed by atoms with E-state index < -0.39 is 0 Å². The molecule has 0 bridgehead atoms. The smallest absolute Gasteiger partial charge is 0.172 e. The molecule has 0 aliphatic rings. The van der Waals surface area contributed by atoms with Gasteiger partial charge < -0.3 is 4.74 Å². The van der Waals surface area contributed by atoms with Crippen LogP contribution in [0.4, 0.5) is 10.1 Å². The predicted octanol–water partition coefficient (Wildman–Crippen LogP) is 5.87. The van der Waals surface area contributed by atoms with Crippen molar-refractivity contribution in [3.8, 4) is 16.9 Å². The van der Waals surface area contributed by atoms with E-state index in [-0.39, 0.29) is 5.82 Å². The summed E-state index contributed by atoms with van der Waals surface area (Å²) in [6.07, 6.45) is 1.38. The first kappa shape index (κ1) is 20.0. The average molecular weight is 363 g/mol. The van der Waals surface area contributed by atoms with Crippen LogP contribution < -0.4 is 4.74 Å². The summed E-state index contributed by atoms with van der Waals surface area (Å²) < 4.78 is 19.2. The molecule has 0 aromatic heterocycles. The zero-order valence-corrected chi connectivity index (χ0v) is 15.8. The minimum absolute atomic E-state index is 0.302. The molecule has 0 heterocycles. The quantitative estimate of drug-likeness (QED) is 0.468. The summed E-state index contributed by atoms with van der Waals surface area (Å²) in [6.45, 7) is 14.8. The first-order valence-electron chi connectivity index (χ1n) is 8.26. The number of hydrogen-bond acceptors (Lipinski definition) is 3. The van der Waals surface area contributed by atoms with Crippen LogP contribution in [0, 0.1) is 5.82 Å². The van der Waals surface area contributed by atoms with Crippen molar-refractivity contribution in [2.45, 2.75) is 13.8 Å². The Labute approximate surface area is 159 Å². The number of methoxy groups -OCH3 is 1. The zero-order chi connectivity index (χ0) is 20.0. The van der Waals surface area contributed by atoms with E-state index in [0.29, 0.717) is 23.0 Å². The van der Waals surface area contributed by atoms with Crippen molar-refractivity contribution < 1.29 is 9.13 Å². The Morgan fingerprint density at radius 2 is 1.89 bits per heavy atom. The van der Waals surface area contributed by atoms with Gasteiger partial charge in [0.2, 0.25) is 0 Å². The molecule has 2 rings (SSSR count). The SMILES string of the molecule is C=CN=C(N=C)C(C)=Nc1c(OC)cc(-c2cccc(F)c2)cc1C(=C)C. The van der Waals surface area contributed by atoms with Crippen LogP contribution in [0.5, 0.6) is 5.75 Å². The van der Waals surface area contributed by atoms with E-state index >= 15 is 0 Å². The first-order chi connectivity index (χ1) is 12.9. The molecule has 4 nitrogen and oxygen atoms in total. The van der Waals surface area contributed by atoms with Gasteiger partial charge in [0.05, 0.1) is 12.8 Å². The maximum absolute atomic E-state index is 13.6. The predicted molar refractivity (Wildman–Crippen MR) is 113 cm³/mol. The maximum Gasteiger partial charge on any atom is 0.172 e. The van der Waals surface area contributed by atoms with Gasteiger partial charge in [0.25, 0.3) is 0 Å². The summed E-state index contributed by atoms with van der Waals surface area (Å²) in [5.41, 5.74) is 4.29. The minimum Gasteiger partial charge on any atom is -0.494 e. The Hall–Kier alpha value is -3.34. The molecule has 2 aromatic carbocycles. The summed E-state index contributed by atoms with van der Waals surface area (Å²) in [7, 11) is 1.56. The third-order valence-corrected chi connectivity index (χ3v) is 3.88. The number of halogens is 1. The monoisotopic (exact) mass is 363 g/mol. The van der Waals surface area contributed by atoms with E-state index in [9.17, 15) is 4.39 Å². The molecule has 0 atom stereocenters. The van der Waals surface area contributed by atoms with Crippen molar-refractivity contribution in [3.63, 3.8) is 0 Å². The standard InChI is InChI=1S/C22H22FN3O/c1-7-25-22(24-5)15(4)26-21-19(14(2)3)12-17(13-20(21)27-6)16-9-8-10-18(23)11-16/h7-13H,1-2,5H2,3-4,6H3. The Morgan fingerprint density at radius 1 is 1.15 bits per heavy atom. The molecule has 0 saturated heterocycles. The lowest BCUT2D eigenvalue weighted by Gasteiger charge is -2.15. The molecule has 138 valence electrons. The highest BCUT2D eigenvalue weighted by Crippen LogP contribution is 2.39. The highest BCUT2D eigenvalue weighted by atomic mass is 19.1. The molecule has 27 heavy (non-hydrogen) atoms. The number of nitrogens with zero attached hydrogens (tertiary/aromatic N) is 3. The van der Waals surface area contributed by atoms with E-state index in [2.05, 4.69) is 34.9 Å². The number of amidine groups is 1. The van der Waals surface area contributed by atoms with Gasteiger partial charge in [0.15, 0.2) is 5.84 Å². The van der Waals surface area contributed by atoms with Gasteiger partial charge in [-0.05, 0) is 61.5 Å². The molecule has 0 saturated carbocycles. The van der Waals surface area contributed by atoms with Crippen LogP contribution in [0.2, 0.25) is 0 Å². The van der Waals surface area contributed by atoms with E-state index in [1.165, 1.54) is 18.3 Å². The Bertz CT molecular complexity index is 958. The average Bonchev–Trinajstić information content (AvgIpc) is 2.65. The van der Waals surface area contributed by atoms with E-state index in [4.69, 9.17) is 4.74 Å². The van der Waals surface area contributed by atoms with Crippen molar-refractivity contribution in [1.82, 2.24) is 0 Å². The fourth-order valence-electron chi connectivity index (χ4n) is 2.59. The fraction of sp³-hybridized carbons (Fsp3) is 0.136. The third kappa shape index (κ3) is 4.64. The molecule has 5 heteroatoms. The Balaban J connectivity index is 2.71. The molecule has 2 aromatic rings. The lowest BCUT2D eigenvalue weighted by Crippen LogP contribution is -2.06. The largest absolute Gasteiger partial charge is 0.494 e. The molecule has 0 spiro atoms. The number of benzene rings is 2. The van der Waals surface area contributed by atoms with Crippen molar-refractivity contribution >= 4 is 29.5 Å².